The van der Waals surface area contributed by atoms with Gasteiger partial charge >= 0.3 is 0 Å². The van der Waals surface area contributed by atoms with E-state index in [-0.39, 0.29) is 5.91 Å². The molecule has 0 N–H and O–H groups in total. The molecule has 1 amide bonds. The third kappa shape index (κ3) is 5.53. The van der Waals surface area contributed by atoms with Crippen LogP contribution in [0.4, 0.5) is 11.4 Å². The van der Waals surface area contributed by atoms with Crippen molar-refractivity contribution >= 4 is 74.2 Å². The molecular formula is C23H25IN2O3S2. The zero-order chi connectivity index (χ0) is 22.5. The SMILES string of the molecule is CCCOc1c(I)cc(/C=C2\SC(=S)N(c3ccc(N(C)C)cc3)C2=O)cc1OCC. The average molecular weight is 569 g/mol. The monoisotopic (exact) mass is 568 g/mol. The van der Waals surface area contributed by atoms with Crippen LogP contribution in [-0.4, -0.2) is 37.5 Å². The standard InChI is InChI=1S/C23H25IN2O3S2/c1-5-11-29-21-18(24)12-15(13-19(21)28-6-2)14-20-22(27)26(23(30)31-20)17-9-7-16(8-10-17)25(3)4/h7-10,12-14H,5-6,11H2,1-4H3/b20-14-. The van der Waals surface area contributed by atoms with Crippen LogP contribution in [-0.2, 0) is 4.79 Å². The van der Waals surface area contributed by atoms with E-state index in [1.54, 1.807) is 4.90 Å². The third-order valence-corrected chi connectivity index (χ3v) is 6.60. The molecule has 164 valence electrons. The Balaban J connectivity index is 1.90. The molecule has 0 atom stereocenters. The molecule has 8 heteroatoms. The molecular weight excluding hydrogens is 543 g/mol. The summed E-state index contributed by atoms with van der Waals surface area (Å²) in [6.07, 6.45) is 2.78. The van der Waals surface area contributed by atoms with Crippen molar-refractivity contribution in [2.45, 2.75) is 20.3 Å². The number of halogens is 1. The first-order valence-electron chi connectivity index (χ1n) is 10.00. The molecule has 1 heterocycles. The fraction of sp³-hybridized carbons (Fsp3) is 0.304. The summed E-state index contributed by atoms with van der Waals surface area (Å²) in [6.45, 7) is 5.17. The molecule has 3 rings (SSSR count). The van der Waals surface area contributed by atoms with Gasteiger partial charge in [0.05, 0.1) is 27.4 Å². The Kier molecular flexibility index (Phi) is 8.23. The minimum absolute atomic E-state index is 0.119. The maximum Gasteiger partial charge on any atom is 0.270 e. The molecule has 1 aliphatic heterocycles. The molecule has 1 aliphatic rings. The second-order valence-corrected chi connectivity index (χ2v) is 9.88. The lowest BCUT2D eigenvalue weighted by atomic mass is 10.1. The van der Waals surface area contributed by atoms with E-state index in [2.05, 4.69) is 29.5 Å². The molecule has 0 radical (unpaired) electrons. The number of ether oxygens (including phenoxy) is 2. The zero-order valence-corrected chi connectivity index (χ0v) is 21.8. The summed E-state index contributed by atoms with van der Waals surface area (Å²) >= 11 is 9.06. The minimum atomic E-state index is -0.119. The van der Waals surface area contributed by atoms with Gasteiger partial charge in [-0.1, -0.05) is 30.9 Å². The zero-order valence-electron chi connectivity index (χ0n) is 18.0. The highest BCUT2D eigenvalue weighted by Gasteiger charge is 2.33. The van der Waals surface area contributed by atoms with Crippen molar-refractivity contribution in [3.8, 4) is 11.5 Å². The Morgan fingerprint density at radius 3 is 2.48 bits per heavy atom. The van der Waals surface area contributed by atoms with Crippen molar-refractivity contribution in [3.05, 3.63) is 50.4 Å². The molecule has 31 heavy (non-hydrogen) atoms. The van der Waals surface area contributed by atoms with Gasteiger partial charge < -0.3 is 14.4 Å². The number of hydrogen-bond donors (Lipinski definition) is 0. The number of hydrogen-bond acceptors (Lipinski definition) is 6. The van der Waals surface area contributed by atoms with Crippen LogP contribution in [0.25, 0.3) is 6.08 Å². The van der Waals surface area contributed by atoms with Gasteiger partial charge in [0.2, 0.25) is 0 Å². The highest BCUT2D eigenvalue weighted by Crippen LogP contribution is 2.39. The Morgan fingerprint density at radius 2 is 1.87 bits per heavy atom. The fourth-order valence-electron chi connectivity index (χ4n) is 3.02. The molecule has 0 unspecified atom stereocenters. The summed E-state index contributed by atoms with van der Waals surface area (Å²) in [5.41, 5.74) is 2.71. The van der Waals surface area contributed by atoms with Crippen molar-refractivity contribution < 1.29 is 14.3 Å². The van der Waals surface area contributed by atoms with Gasteiger partial charge in [0, 0.05) is 19.8 Å². The van der Waals surface area contributed by atoms with Gasteiger partial charge in [0.25, 0.3) is 5.91 Å². The summed E-state index contributed by atoms with van der Waals surface area (Å²) in [6, 6.07) is 11.7. The predicted molar refractivity (Wildman–Crippen MR) is 143 cm³/mol. The summed E-state index contributed by atoms with van der Waals surface area (Å²) < 4.78 is 13.1. The number of carbonyl (C=O) groups is 1. The van der Waals surface area contributed by atoms with E-state index in [0.717, 1.165) is 32.7 Å². The quantitative estimate of drug-likeness (QED) is 0.223. The van der Waals surface area contributed by atoms with Crippen molar-refractivity contribution in [2.24, 2.45) is 0 Å². The van der Waals surface area contributed by atoms with Gasteiger partial charge in [-0.2, -0.15) is 0 Å². The lowest BCUT2D eigenvalue weighted by Gasteiger charge is -2.17. The number of rotatable bonds is 8. The summed E-state index contributed by atoms with van der Waals surface area (Å²) in [5, 5.41) is 0. The second-order valence-electron chi connectivity index (χ2n) is 7.04. The van der Waals surface area contributed by atoms with E-state index in [0.29, 0.717) is 28.2 Å². The first kappa shape index (κ1) is 23.9. The maximum atomic E-state index is 13.1. The minimum Gasteiger partial charge on any atom is -0.490 e. The Hall–Kier alpha value is -1.78. The number of amides is 1. The normalized spacial score (nSPS) is 15.0. The molecule has 0 spiro atoms. The highest BCUT2D eigenvalue weighted by atomic mass is 127. The lowest BCUT2D eigenvalue weighted by molar-refractivity contribution is -0.113. The molecule has 2 aromatic carbocycles. The smallest absolute Gasteiger partial charge is 0.270 e. The summed E-state index contributed by atoms with van der Waals surface area (Å²) in [5.74, 6) is 1.31. The Bertz CT molecular complexity index is 1010. The fourth-order valence-corrected chi connectivity index (χ4v) is 5.10. The van der Waals surface area contributed by atoms with Crippen molar-refractivity contribution in [1.29, 1.82) is 0 Å². The number of thioether (sulfide) groups is 1. The van der Waals surface area contributed by atoms with Gasteiger partial charge in [-0.05, 0) is 84.0 Å². The van der Waals surface area contributed by atoms with Crippen LogP contribution in [0.1, 0.15) is 25.8 Å². The van der Waals surface area contributed by atoms with E-state index in [4.69, 9.17) is 21.7 Å². The molecule has 1 saturated heterocycles. The van der Waals surface area contributed by atoms with E-state index >= 15 is 0 Å². The van der Waals surface area contributed by atoms with Crippen LogP contribution in [0.3, 0.4) is 0 Å². The first-order chi connectivity index (χ1) is 14.8. The molecule has 0 saturated carbocycles. The second kappa shape index (κ2) is 10.7. The number of nitrogens with zero attached hydrogens (tertiary/aromatic N) is 2. The van der Waals surface area contributed by atoms with Gasteiger partial charge in [0.15, 0.2) is 15.8 Å². The van der Waals surface area contributed by atoms with Crippen molar-refractivity contribution in [3.63, 3.8) is 0 Å². The van der Waals surface area contributed by atoms with E-state index < -0.39 is 0 Å². The number of benzene rings is 2. The van der Waals surface area contributed by atoms with Crippen LogP contribution in [0.2, 0.25) is 0 Å². The molecule has 1 fully saturated rings. The Morgan fingerprint density at radius 1 is 1.16 bits per heavy atom. The van der Waals surface area contributed by atoms with Crippen LogP contribution in [0.5, 0.6) is 11.5 Å². The first-order valence-corrected chi connectivity index (χ1v) is 12.3. The van der Waals surface area contributed by atoms with E-state index in [1.165, 1.54) is 11.8 Å². The van der Waals surface area contributed by atoms with Crippen molar-refractivity contribution in [1.82, 2.24) is 0 Å². The third-order valence-electron chi connectivity index (χ3n) is 4.50. The largest absolute Gasteiger partial charge is 0.490 e. The summed E-state index contributed by atoms with van der Waals surface area (Å²) in [7, 11) is 3.96. The topological polar surface area (TPSA) is 42.0 Å². The molecule has 0 aliphatic carbocycles. The molecule has 5 nitrogen and oxygen atoms in total. The average Bonchev–Trinajstić information content (AvgIpc) is 3.00. The molecule has 2 aromatic rings. The van der Waals surface area contributed by atoms with Gasteiger partial charge in [-0.15, -0.1) is 0 Å². The molecule has 0 aromatic heterocycles. The van der Waals surface area contributed by atoms with Crippen LogP contribution in [0, 0.1) is 3.57 Å². The van der Waals surface area contributed by atoms with Gasteiger partial charge in [0.1, 0.15) is 0 Å². The number of thiocarbonyl (C=S) groups is 1. The number of anilines is 2. The van der Waals surface area contributed by atoms with Gasteiger partial charge in [-0.25, -0.2) is 0 Å². The van der Waals surface area contributed by atoms with E-state index in [9.17, 15) is 4.79 Å². The number of carbonyl (C=O) groups excluding carboxylic acids is 1. The van der Waals surface area contributed by atoms with Gasteiger partial charge in [-0.3, -0.25) is 9.69 Å². The predicted octanol–water partition coefficient (Wildman–Crippen LogP) is 5.95. The lowest BCUT2D eigenvalue weighted by Crippen LogP contribution is -2.27. The van der Waals surface area contributed by atoms with Crippen LogP contribution in [0.15, 0.2) is 41.3 Å². The van der Waals surface area contributed by atoms with Crippen LogP contribution >= 0.6 is 46.6 Å². The maximum absolute atomic E-state index is 13.1. The Labute approximate surface area is 206 Å². The van der Waals surface area contributed by atoms with Crippen molar-refractivity contribution in [2.75, 3.05) is 37.1 Å². The molecule has 0 bridgehead atoms. The van der Waals surface area contributed by atoms with E-state index in [1.807, 2.05) is 68.4 Å². The highest BCUT2D eigenvalue weighted by molar-refractivity contribution is 14.1. The van der Waals surface area contributed by atoms with Crippen LogP contribution < -0.4 is 19.3 Å². The summed E-state index contributed by atoms with van der Waals surface area (Å²) in [4.78, 5) is 17.3.